The predicted molar refractivity (Wildman–Crippen MR) is 54.5 cm³/mol. The molecule has 78 valence electrons. The number of benzene rings is 1. The quantitative estimate of drug-likeness (QED) is 0.706. The van der Waals surface area contributed by atoms with E-state index in [0.29, 0.717) is 0 Å². The summed E-state index contributed by atoms with van der Waals surface area (Å²) in [5, 5.41) is 11.8. The predicted octanol–water partition coefficient (Wildman–Crippen LogP) is 1.86. The van der Waals surface area contributed by atoms with Crippen molar-refractivity contribution in [2.24, 2.45) is 0 Å². The van der Waals surface area contributed by atoms with Crippen molar-refractivity contribution in [3.05, 3.63) is 35.6 Å². The van der Waals surface area contributed by atoms with Crippen LogP contribution in [0.1, 0.15) is 24.9 Å². The lowest BCUT2D eigenvalue weighted by Crippen LogP contribution is -2.20. The summed E-state index contributed by atoms with van der Waals surface area (Å²) in [5.41, 5.74) is 0.933. The van der Waals surface area contributed by atoms with Gasteiger partial charge < -0.3 is 10.4 Å². The summed E-state index contributed by atoms with van der Waals surface area (Å²) in [6, 6.07) is 6.67. The lowest BCUT2D eigenvalue weighted by molar-refractivity contribution is 0.284. The van der Waals surface area contributed by atoms with Gasteiger partial charge in [-0.15, -0.1) is 0 Å². The molecule has 0 heterocycles. The molecule has 0 amide bonds. The Morgan fingerprint density at radius 2 is 2.29 bits per heavy atom. The van der Waals surface area contributed by atoms with Crippen molar-refractivity contribution in [2.45, 2.75) is 19.4 Å². The van der Waals surface area contributed by atoms with Crippen LogP contribution >= 0.6 is 0 Å². The van der Waals surface area contributed by atoms with E-state index in [1.807, 2.05) is 13.0 Å². The Hall–Kier alpha value is -0.930. The van der Waals surface area contributed by atoms with Crippen molar-refractivity contribution in [3.63, 3.8) is 0 Å². The summed E-state index contributed by atoms with van der Waals surface area (Å²) in [5.74, 6) is -0.210. The average molecular weight is 197 g/mol. The van der Waals surface area contributed by atoms with Gasteiger partial charge in [-0.2, -0.15) is 0 Å². The minimum atomic E-state index is -0.210. The van der Waals surface area contributed by atoms with E-state index in [0.717, 1.165) is 18.5 Å². The van der Waals surface area contributed by atoms with Crippen LogP contribution < -0.4 is 5.32 Å². The van der Waals surface area contributed by atoms with Gasteiger partial charge in [0.05, 0.1) is 0 Å². The Balaban J connectivity index is 2.47. The molecule has 0 aromatic heterocycles. The Kier molecular flexibility index (Phi) is 4.56. The maximum atomic E-state index is 12.8. The first kappa shape index (κ1) is 11.1. The average Bonchev–Trinajstić information content (AvgIpc) is 2.18. The summed E-state index contributed by atoms with van der Waals surface area (Å²) in [4.78, 5) is 0. The van der Waals surface area contributed by atoms with Crippen LogP contribution in [0.25, 0.3) is 0 Å². The van der Waals surface area contributed by atoms with Crippen molar-refractivity contribution in [1.82, 2.24) is 5.32 Å². The van der Waals surface area contributed by atoms with E-state index in [-0.39, 0.29) is 18.5 Å². The molecule has 0 unspecified atom stereocenters. The molecule has 3 heteroatoms. The zero-order valence-electron chi connectivity index (χ0n) is 8.33. The Labute approximate surface area is 83.8 Å². The van der Waals surface area contributed by atoms with Crippen LogP contribution in [0.3, 0.4) is 0 Å². The molecule has 0 saturated carbocycles. The maximum Gasteiger partial charge on any atom is 0.123 e. The third-order valence-electron chi connectivity index (χ3n) is 2.13. The van der Waals surface area contributed by atoms with E-state index in [2.05, 4.69) is 5.32 Å². The first-order chi connectivity index (χ1) is 6.74. The Bertz CT molecular complexity index is 278. The fourth-order valence-electron chi connectivity index (χ4n) is 1.29. The molecule has 1 aromatic rings. The van der Waals surface area contributed by atoms with Gasteiger partial charge in [0.2, 0.25) is 0 Å². The summed E-state index contributed by atoms with van der Waals surface area (Å²) in [6.07, 6.45) is 0.722. The highest BCUT2D eigenvalue weighted by atomic mass is 19.1. The number of hydrogen-bond acceptors (Lipinski definition) is 2. The second-order valence-corrected chi connectivity index (χ2v) is 3.31. The van der Waals surface area contributed by atoms with Crippen molar-refractivity contribution >= 4 is 0 Å². The molecule has 14 heavy (non-hydrogen) atoms. The number of aliphatic hydroxyl groups is 1. The Morgan fingerprint density at radius 3 is 2.93 bits per heavy atom. The van der Waals surface area contributed by atoms with Gasteiger partial charge in [0.25, 0.3) is 0 Å². The molecule has 0 fully saturated rings. The summed E-state index contributed by atoms with van der Waals surface area (Å²) in [6.45, 7) is 2.91. The molecule has 1 rings (SSSR count). The summed E-state index contributed by atoms with van der Waals surface area (Å²) in [7, 11) is 0. The highest BCUT2D eigenvalue weighted by Gasteiger charge is 2.04. The molecule has 0 aliphatic heterocycles. The van der Waals surface area contributed by atoms with E-state index in [1.165, 1.54) is 12.1 Å². The third-order valence-corrected chi connectivity index (χ3v) is 2.13. The summed E-state index contributed by atoms with van der Waals surface area (Å²) < 4.78 is 12.8. The first-order valence-electron chi connectivity index (χ1n) is 4.83. The number of halogens is 1. The van der Waals surface area contributed by atoms with E-state index in [1.54, 1.807) is 6.07 Å². The lowest BCUT2D eigenvalue weighted by atomic mass is 10.1. The molecule has 0 spiro atoms. The number of hydrogen-bond donors (Lipinski definition) is 2. The molecule has 0 aliphatic carbocycles. The van der Waals surface area contributed by atoms with Crippen LogP contribution in [0.5, 0.6) is 0 Å². The van der Waals surface area contributed by atoms with E-state index in [9.17, 15) is 4.39 Å². The van der Waals surface area contributed by atoms with Gasteiger partial charge in [-0.3, -0.25) is 0 Å². The van der Waals surface area contributed by atoms with Crippen molar-refractivity contribution in [3.8, 4) is 0 Å². The van der Waals surface area contributed by atoms with Crippen molar-refractivity contribution < 1.29 is 9.50 Å². The van der Waals surface area contributed by atoms with Crippen LogP contribution in [0.15, 0.2) is 24.3 Å². The van der Waals surface area contributed by atoms with Gasteiger partial charge in [0.15, 0.2) is 0 Å². The van der Waals surface area contributed by atoms with Crippen LogP contribution in [0, 0.1) is 5.82 Å². The largest absolute Gasteiger partial charge is 0.396 e. The normalized spacial score (nSPS) is 12.8. The smallest absolute Gasteiger partial charge is 0.123 e. The molecule has 0 aliphatic rings. The maximum absolute atomic E-state index is 12.8. The van der Waals surface area contributed by atoms with Gasteiger partial charge >= 0.3 is 0 Å². The van der Waals surface area contributed by atoms with Crippen LogP contribution in [-0.2, 0) is 0 Å². The SMILES string of the molecule is C[C@@H](NCCCO)c1cccc(F)c1. The topological polar surface area (TPSA) is 32.3 Å². The standard InChI is InChI=1S/C11H16FNO/c1-9(13-6-3-7-14)10-4-2-5-11(12)8-10/h2,4-5,8-9,13-14H,3,6-7H2,1H3/t9-/m1/s1. The van der Waals surface area contributed by atoms with Gasteiger partial charge in [0, 0.05) is 12.6 Å². The van der Waals surface area contributed by atoms with Crippen LogP contribution in [-0.4, -0.2) is 18.3 Å². The fourth-order valence-corrected chi connectivity index (χ4v) is 1.29. The summed E-state index contributed by atoms with van der Waals surface area (Å²) >= 11 is 0. The monoisotopic (exact) mass is 197 g/mol. The molecule has 1 atom stereocenters. The van der Waals surface area contributed by atoms with Gasteiger partial charge in [-0.25, -0.2) is 4.39 Å². The van der Waals surface area contributed by atoms with E-state index >= 15 is 0 Å². The molecule has 1 aromatic carbocycles. The molecule has 0 saturated heterocycles. The molecule has 2 N–H and O–H groups in total. The van der Waals surface area contributed by atoms with Crippen LogP contribution in [0.4, 0.5) is 4.39 Å². The van der Waals surface area contributed by atoms with E-state index < -0.39 is 0 Å². The zero-order valence-corrected chi connectivity index (χ0v) is 8.33. The second kappa shape index (κ2) is 5.73. The third kappa shape index (κ3) is 3.44. The van der Waals surface area contributed by atoms with Gasteiger partial charge in [-0.05, 0) is 37.6 Å². The minimum absolute atomic E-state index is 0.122. The molecule has 2 nitrogen and oxygen atoms in total. The van der Waals surface area contributed by atoms with Gasteiger partial charge in [0.1, 0.15) is 5.82 Å². The highest BCUT2D eigenvalue weighted by Crippen LogP contribution is 2.12. The fraction of sp³-hybridized carbons (Fsp3) is 0.455. The van der Waals surface area contributed by atoms with E-state index in [4.69, 9.17) is 5.11 Å². The van der Waals surface area contributed by atoms with Crippen LogP contribution in [0.2, 0.25) is 0 Å². The first-order valence-corrected chi connectivity index (χ1v) is 4.83. The second-order valence-electron chi connectivity index (χ2n) is 3.31. The van der Waals surface area contributed by atoms with Crippen molar-refractivity contribution in [2.75, 3.05) is 13.2 Å². The minimum Gasteiger partial charge on any atom is -0.396 e. The lowest BCUT2D eigenvalue weighted by Gasteiger charge is -2.13. The number of aliphatic hydroxyl groups excluding tert-OH is 1. The number of nitrogens with one attached hydrogen (secondary N) is 1. The molecule has 0 bridgehead atoms. The zero-order chi connectivity index (χ0) is 10.4. The Morgan fingerprint density at radius 1 is 1.50 bits per heavy atom. The highest BCUT2D eigenvalue weighted by molar-refractivity contribution is 5.19. The van der Waals surface area contributed by atoms with Crippen molar-refractivity contribution in [1.29, 1.82) is 0 Å². The van der Waals surface area contributed by atoms with Gasteiger partial charge in [-0.1, -0.05) is 12.1 Å². The number of rotatable bonds is 5. The molecular formula is C11H16FNO. The molecule has 0 radical (unpaired) electrons. The molecular weight excluding hydrogens is 181 g/mol.